The molecule has 7 heteroatoms. The number of hydrogen-bond donors (Lipinski definition) is 0. The van der Waals surface area contributed by atoms with Crippen molar-refractivity contribution in [2.24, 2.45) is 0 Å². The maximum atomic E-state index is 12.2. The molecule has 1 heterocycles. The van der Waals surface area contributed by atoms with E-state index in [9.17, 15) is 9.59 Å². The first-order valence-electron chi connectivity index (χ1n) is 8.25. The topological polar surface area (TPSA) is 80.3 Å². The zero-order chi connectivity index (χ0) is 19.1. The quantitative estimate of drug-likeness (QED) is 0.207. The van der Waals surface area contributed by atoms with E-state index < -0.39 is 5.97 Å². The van der Waals surface area contributed by atoms with E-state index in [1.165, 1.54) is 0 Å². The molecular formula is C19H24O7. The number of esters is 1. The van der Waals surface area contributed by atoms with E-state index >= 15 is 0 Å². The van der Waals surface area contributed by atoms with Crippen molar-refractivity contribution in [3.8, 4) is 11.5 Å². The van der Waals surface area contributed by atoms with E-state index in [-0.39, 0.29) is 13.4 Å². The largest absolute Gasteiger partial charge is 0.496 e. The summed E-state index contributed by atoms with van der Waals surface area (Å²) in [6, 6.07) is 0. The van der Waals surface area contributed by atoms with Crippen LogP contribution in [0.15, 0.2) is 11.6 Å². The molecule has 0 aromatic heterocycles. The summed E-state index contributed by atoms with van der Waals surface area (Å²) in [4.78, 5) is 23.2. The van der Waals surface area contributed by atoms with Crippen molar-refractivity contribution in [1.29, 1.82) is 0 Å². The molecule has 0 N–H and O–H groups in total. The Morgan fingerprint density at radius 3 is 2.65 bits per heavy atom. The van der Waals surface area contributed by atoms with Gasteiger partial charge in [0.1, 0.15) is 30.0 Å². The number of aldehydes is 1. The number of hydrogen-bond acceptors (Lipinski definition) is 7. The van der Waals surface area contributed by atoms with Gasteiger partial charge in [-0.25, -0.2) is 4.79 Å². The third kappa shape index (κ3) is 4.23. The summed E-state index contributed by atoms with van der Waals surface area (Å²) in [5.74, 6) is 0.552. The molecule has 0 fully saturated rings. The van der Waals surface area contributed by atoms with Gasteiger partial charge in [0.05, 0.1) is 20.3 Å². The van der Waals surface area contributed by atoms with E-state index in [0.717, 1.165) is 17.4 Å². The number of carbonyl (C=O) groups excluding carboxylic acids is 2. The van der Waals surface area contributed by atoms with Crippen molar-refractivity contribution in [3.63, 3.8) is 0 Å². The fourth-order valence-corrected chi connectivity index (χ4v) is 2.78. The maximum absolute atomic E-state index is 12.2. The number of cyclic esters (lactones) is 1. The lowest BCUT2D eigenvalue weighted by Crippen LogP contribution is -2.13. The molecule has 1 aliphatic rings. The molecule has 26 heavy (non-hydrogen) atoms. The molecule has 1 aromatic carbocycles. The summed E-state index contributed by atoms with van der Waals surface area (Å²) in [6.45, 7) is 4.53. The Labute approximate surface area is 152 Å². The normalized spacial score (nSPS) is 13.4. The van der Waals surface area contributed by atoms with Crippen molar-refractivity contribution >= 4 is 12.3 Å². The summed E-state index contributed by atoms with van der Waals surface area (Å²) in [6.07, 6.45) is 2.91. The molecule has 0 bridgehead atoms. The number of benzene rings is 1. The average Bonchev–Trinajstić information content (AvgIpc) is 3.03. The van der Waals surface area contributed by atoms with Gasteiger partial charge in [-0.15, -0.1) is 0 Å². The number of ether oxygens (including phenoxy) is 5. The molecular weight excluding hydrogens is 340 g/mol. The van der Waals surface area contributed by atoms with Crippen molar-refractivity contribution in [3.05, 3.63) is 33.9 Å². The smallest absolute Gasteiger partial charge is 0.342 e. The third-order valence-corrected chi connectivity index (χ3v) is 4.16. The number of allylic oxidation sites excluding steroid dienone is 2. The monoisotopic (exact) mass is 364 g/mol. The van der Waals surface area contributed by atoms with E-state index in [0.29, 0.717) is 47.8 Å². The minimum atomic E-state index is -0.435. The summed E-state index contributed by atoms with van der Waals surface area (Å²) in [5.41, 5.74) is 3.23. The Morgan fingerprint density at radius 2 is 2.00 bits per heavy atom. The second-order valence-electron chi connectivity index (χ2n) is 5.83. The SMILES string of the molecule is COCCOCOc1c(C/C=C(\C)C=O)c(OC)c(C)c2c1C(=O)OC2. The predicted molar refractivity (Wildman–Crippen MR) is 93.7 cm³/mol. The second-order valence-corrected chi connectivity index (χ2v) is 5.83. The number of methoxy groups -OCH3 is 2. The van der Waals surface area contributed by atoms with Crippen molar-refractivity contribution in [2.75, 3.05) is 34.2 Å². The predicted octanol–water partition coefficient (Wildman–Crippen LogP) is 2.36. The Kier molecular flexibility index (Phi) is 7.17. The molecule has 0 saturated carbocycles. The fourth-order valence-electron chi connectivity index (χ4n) is 2.78. The zero-order valence-electron chi connectivity index (χ0n) is 15.5. The third-order valence-electron chi connectivity index (χ3n) is 4.16. The first kappa shape index (κ1) is 19.9. The average molecular weight is 364 g/mol. The summed E-state index contributed by atoms with van der Waals surface area (Å²) in [5, 5.41) is 0. The van der Waals surface area contributed by atoms with E-state index in [1.54, 1.807) is 27.2 Å². The molecule has 0 unspecified atom stereocenters. The van der Waals surface area contributed by atoms with Crippen LogP contribution in [0.25, 0.3) is 0 Å². The van der Waals surface area contributed by atoms with Crippen LogP contribution in [0, 0.1) is 6.92 Å². The first-order chi connectivity index (χ1) is 12.5. The van der Waals surface area contributed by atoms with Gasteiger partial charge in [-0.05, 0) is 31.4 Å². The van der Waals surface area contributed by atoms with Gasteiger partial charge in [-0.1, -0.05) is 6.08 Å². The van der Waals surface area contributed by atoms with Crippen LogP contribution in [-0.4, -0.2) is 46.5 Å². The van der Waals surface area contributed by atoms with Crippen LogP contribution in [0.5, 0.6) is 11.5 Å². The molecule has 7 nitrogen and oxygen atoms in total. The van der Waals surface area contributed by atoms with Gasteiger partial charge in [0, 0.05) is 18.2 Å². The van der Waals surface area contributed by atoms with Crippen molar-refractivity contribution in [2.45, 2.75) is 26.9 Å². The summed E-state index contributed by atoms with van der Waals surface area (Å²) in [7, 11) is 3.14. The van der Waals surface area contributed by atoms with Crippen molar-refractivity contribution < 1.29 is 33.3 Å². The van der Waals surface area contributed by atoms with Crippen molar-refractivity contribution in [1.82, 2.24) is 0 Å². The Balaban J connectivity index is 2.44. The van der Waals surface area contributed by atoms with Crippen LogP contribution in [0.2, 0.25) is 0 Å². The summed E-state index contributed by atoms with van der Waals surface area (Å²) < 4.78 is 26.8. The maximum Gasteiger partial charge on any atom is 0.342 e. The minimum Gasteiger partial charge on any atom is -0.496 e. The lowest BCUT2D eigenvalue weighted by molar-refractivity contribution is -0.104. The Hall–Kier alpha value is -2.38. The van der Waals surface area contributed by atoms with Gasteiger partial charge in [0.15, 0.2) is 6.79 Å². The first-order valence-corrected chi connectivity index (χ1v) is 8.25. The van der Waals surface area contributed by atoms with E-state index in [1.807, 2.05) is 6.92 Å². The minimum absolute atomic E-state index is 0.0430. The molecule has 0 atom stereocenters. The van der Waals surface area contributed by atoms with Gasteiger partial charge in [-0.3, -0.25) is 4.79 Å². The molecule has 0 saturated heterocycles. The van der Waals surface area contributed by atoms with E-state index in [2.05, 4.69) is 0 Å². The van der Waals surface area contributed by atoms with Gasteiger partial charge in [0.2, 0.25) is 0 Å². The van der Waals surface area contributed by atoms with Gasteiger partial charge in [-0.2, -0.15) is 0 Å². The Morgan fingerprint density at radius 1 is 1.23 bits per heavy atom. The molecule has 1 aliphatic heterocycles. The van der Waals surface area contributed by atoms with Gasteiger partial charge < -0.3 is 23.7 Å². The molecule has 0 spiro atoms. The number of carbonyl (C=O) groups is 2. The van der Waals surface area contributed by atoms with Crippen LogP contribution in [0.4, 0.5) is 0 Å². The number of fused-ring (bicyclic) bond motifs is 1. The highest BCUT2D eigenvalue weighted by Gasteiger charge is 2.33. The van der Waals surface area contributed by atoms with E-state index in [4.69, 9.17) is 23.7 Å². The standard InChI is InChI=1S/C19H24O7/c1-12(9-20)5-6-14-17(23-4)13(2)15-10-25-19(21)16(15)18(14)26-11-24-8-7-22-3/h5,9H,6-8,10-11H2,1-4H3/b12-5+. The highest BCUT2D eigenvalue weighted by atomic mass is 16.7. The molecule has 2 rings (SSSR count). The van der Waals surface area contributed by atoms with Gasteiger partial charge in [0.25, 0.3) is 0 Å². The Bertz CT molecular complexity index is 707. The van der Waals surface area contributed by atoms with Crippen LogP contribution >= 0.6 is 0 Å². The second kappa shape index (κ2) is 9.35. The lowest BCUT2D eigenvalue weighted by Gasteiger charge is -2.19. The summed E-state index contributed by atoms with van der Waals surface area (Å²) >= 11 is 0. The number of rotatable bonds is 10. The molecule has 0 aliphatic carbocycles. The molecule has 0 radical (unpaired) electrons. The van der Waals surface area contributed by atoms with Gasteiger partial charge >= 0.3 is 5.97 Å². The molecule has 1 aromatic rings. The fraction of sp³-hybridized carbons (Fsp3) is 0.474. The lowest BCUT2D eigenvalue weighted by atomic mass is 9.95. The zero-order valence-corrected chi connectivity index (χ0v) is 15.5. The van der Waals surface area contributed by atoms with Crippen LogP contribution in [0.3, 0.4) is 0 Å². The van der Waals surface area contributed by atoms with Crippen LogP contribution in [0.1, 0.15) is 34.0 Å². The molecule has 0 amide bonds. The highest BCUT2D eigenvalue weighted by Crippen LogP contribution is 2.42. The van der Waals surface area contributed by atoms with Crippen LogP contribution < -0.4 is 9.47 Å². The molecule has 142 valence electrons. The van der Waals surface area contributed by atoms with Crippen LogP contribution in [-0.2, 0) is 32.0 Å². The highest BCUT2D eigenvalue weighted by molar-refractivity contribution is 5.98.